The molecule has 0 aromatic heterocycles. The Hall–Kier alpha value is -1.75. The lowest BCUT2D eigenvalue weighted by Gasteiger charge is -2.15. The first kappa shape index (κ1) is 14.2. The zero-order valence-electron chi connectivity index (χ0n) is 12.3. The summed E-state index contributed by atoms with van der Waals surface area (Å²) in [5.74, 6) is 0.783. The standard InChI is InChI=1S/C16H23N3O2/c17-12-2-1-3-15(10-12)21-9-7-16(20)18-13-6-8-19(11-13)14-4-5-14/h1-3,10,13-14H,4-9,11,17H2,(H,18,20). The molecule has 5 nitrogen and oxygen atoms in total. The van der Waals surface area contributed by atoms with Crippen molar-refractivity contribution in [2.45, 2.75) is 37.8 Å². The molecule has 5 heteroatoms. The fourth-order valence-corrected chi connectivity index (χ4v) is 2.84. The number of nitrogens with one attached hydrogen (secondary N) is 1. The Morgan fingerprint density at radius 3 is 3.00 bits per heavy atom. The summed E-state index contributed by atoms with van der Waals surface area (Å²) in [5, 5.41) is 3.10. The monoisotopic (exact) mass is 289 g/mol. The molecule has 1 unspecified atom stereocenters. The van der Waals surface area contributed by atoms with Gasteiger partial charge >= 0.3 is 0 Å². The molecule has 1 aromatic carbocycles. The van der Waals surface area contributed by atoms with Crippen LogP contribution >= 0.6 is 0 Å². The summed E-state index contributed by atoms with van der Waals surface area (Å²) in [6.07, 6.45) is 4.11. The molecule has 1 aliphatic carbocycles. The Kier molecular flexibility index (Phi) is 4.29. The van der Waals surface area contributed by atoms with Gasteiger partial charge in [0.05, 0.1) is 13.0 Å². The van der Waals surface area contributed by atoms with E-state index in [9.17, 15) is 4.79 Å². The van der Waals surface area contributed by atoms with Crippen LogP contribution in [0.5, 0.6) is 5.75 Å². The molecule has 3 N–H and O–H groups in total. The van der Waals surface area contributed by atoms with Crippen molar-refractivity contribution in [2.24, 2.45) is 0 Å². The first-order chi connectivity index (χ1) is 10.2. The number of rotatable bonds is 6. The second-order valence-corrected chi connectivity index (χ2v) is 5.95. The van der Waals surface area contributed by atoms with Gasteiger partial charge in [-0.3, -0.25) is 9.69 Å². The number of ether oxygens (including phenoxy) is 1. The van der Waals surface area contributed by atoms with Crippen LogP contribution in [0, 0.1) is 0 Å². The van der Waals surface area contributed by atoms with Gasteiger partial charge in [-0.15, -0.1) is 0 Å². The Labute approximate surface area is 125 Å². The molecular weight excluding hydrogens is 266 g/mol. The highest BCUT2D eigenvalue weighted by Crippen LogP contribution is 2.29. The van der Waals surface area contributed by atoms with Crippen LogP contribution in [-0.4, -0.2) is 42.6 Å². The molecule has 0 spiro atoms. The molecule has 21 heavy (non-hydrogen) atoms. The van der Waals surface area contributed by atoms with Crippen molar-refractivity contribution < 1.29 is 9.53 Å². The quantitative estimate of drug-likeness (QED) is 0.777. The molecule has 1 amide bonds. The molecule has 3 rings (SSSR count). The van der Waals surface area contributed by atoms with E-state index in [4.69, 9.17) is 10.5 Å². The third kappa shape index (κ3) is 4.11. The van der Waals surface area contributed by atoms with Crippen molar-refractivity contribution in [3.8, 4) is 5.75 Å². The lowest BCUT2D eigenvalue weighted by molar-refractivity contribution is -0.122. The highest BCUT2D eigenvalue weighted by Gasteiger charge is 2.34. The third-order valence-corrected chi connectivity index (χ3v) is 4.10. The summed E-state index contributed by atoms with van der Waals surface area (Å²) in [4.78, 5) is 14.4. The van der Waals surface area contributed by atoms with Gasteiger partial charge in [0, 0.05) is 36.9 Å². The normalized spacial score (nSPS) is 22.2. The van der Waals surface area contributed by atoms with Crippen LogP contribution in [0.2, 0.25) is 0 Å². The second-order valence-electron chi connectivity index (χ2n) is 5.95. The molecule has 2 aliphatic rings. The van der Waals surface area contributed by atoms with Crippen molar-refractivity contribution in [1.29, 1.82) is 0 Å². The first-order valence-corrected chi connectivity index (χ1v) is 7.72. The Morgan fingerprint density at radius 2 is 2.24 bits per heavy atom. The van der Waals surface area contributed by atoms with E-state index in [1.54, 1.807) is 6.07 Å². The topological polar surface area (TPSA) is 67.6 Å². The highest BCUT2D eigenvalue weighted by atomic mass is 16.5. The number of anilines is 1. The SMILES string of the molecule is Nc1cccc(OCCC(=O)NC2CCN(C3CC3)C2)c1. The van der Waals surface area contributed by atoms with E-state index < -0.39 is 0 Å². The largest absolute Gasteiger partial charge is 0.493 e. The van der Waals surface area contributed by atoms with Gasteiger partial charge in [-0.25, -0.2) is 0 Å². The molecule has 114 valence electrons. The summed E-state index contributed by atoms with van der Waals surface area (Å²) in [6.45, 7) is 2.51. The van der Waals surface area contributed by atoms with Gasteiger partial charge in [-0.05, 0) is 31.4 Å². The van der Waals surface area contributed by atoms with Crippen molar-refractivity contribution in [3.05, 3.63) is 24.3 Å². The van der Waals surface area contributed by atoms with E-state index in [2.05, 4.69) is 10.2 Å². The molecule has 1 atom stereocenters. The fourth-order valence-electron chi connectivity index (χ4n) is 2.84. The van der Waals surface area contributed by atoms with Crippen LogP contribution in [0.3, 0.4) is 0 Å². The minimum absolute atomic E-state index is 0.0709. The Morgan fingerprint density at radius 1 is 1.38 bits per heavy atom. The number of benzene rings is 1. The summed E-state index contributed by atoms with van der Waals surface area (Å²) in [5.41, 5.74) is 6.35. The first-order valence-electron chi connectivity index (χ1n) is 7.72. The van der Waals surface area contributed by atoms with E-state index >= 15 is 0 Å². The highest BCUT2D eigenvalue weighted by molar-refractivity contribution is 5.76. The van der Waals surface area contributed by atoms with Gasteiger partial charge in [0.2, 0.25) is 5.91 Å². The van der Waals surface area contributed by atoms with Crippen molar-refractivity contribution >= 4 is 11.6 Å². The molecule has 2 fully saturated rings. The van der Waals surface area contributed by atoms with Gasteiger partial charge in [-0.2, -0.15) is 0 Å². The minimum Gasteiger partial charge on any atom is -0.493 e. The van der Waals surface area contributed by atoms with Crippen LogP contribution in [0.15, 0.2) is 24.3 Å². The number of nitrogens with zero attached hydrogens (tertiary/aromatic N) is 1. The maximum absolute atomic E-state index is 11.9. The number of likely N-dealkylation sites (tertiary alicyclic amines) is 1. The maximum atomic E-state index is 11.9. The molecule has 1 aliphatic heterocycles. The number of nitrogens with two attached hydrogens (primary N) is 1. The number of hydrogen-bond acceptors (Lipinski definition) is 4. The number of carbonyl (C=O) groups excluding carboxylic acids is 1. The molecule has 0 radical (unpaired) electrons. The van der Waals surface area contributed by atoms with E-state index in [0.717, 1.165) is 25.6 Å². The molecule has 1 aromatic rings. The summed E-state index contributed by atoms with van der Waals surface area (Å²) in [7, 11) is 0. The maximum Gasteiger partial charge on any atom is 0.223 e. The van der Waals surface area contributed by atoms with Crippen LogP contribution < -0.4 is 15.8 Å². The van der Waals surface area contributed by atoms with Crippen molar-refractivity contribution in [2.75, 3.05) is 25.4 Å². The Balaban J connectivity index is 1.35. The molecule has 0 bridgehead atoms. The average Bonchev–Trinajstić information content (AvgIpc) is 3.20. The number of nitrogen functional groups attached to an aromatic ring is 1. The third-order valence-electron chi connectivity index (χ3n) is 4.10. The Bertz CT molecular complexity index is 502. The van der Waals surface area contributed by atoms with Crippen LogP contribution in [0.25, 0.3) is 0 Å². The van der Waals surface area contributed by atoms with Gasteiger partial charge < -0.3 is 15.8 Å². The van der Waals surface area contributed by atoms with Crippen molar-refractivity contribution in [3.63, 3.8) is 0 Å². The van der Waals surface area contributed by atoms with Crippen LogP contribution in [-0.2, 0) is 4.79 Å². The van der Waals surface area contributed by atoms with Gasteiger partial charge in [0.15, 0.2) is 0 Å². The number of amides is 1. The van der Waals surface area contributed by atoms with E-state index in [-0.39, 0.29) is 5.91 Å². The summed E-state index contributed by atoms with van der Waals surface area (Å²) >= 11 is 0. The molecule has 1 saturated carbocycles. The van der Waals surface area contributed by atoms with Gasteiger partial charge in [0.25, 0.3) is 0 Å². The zero-order valence-corrected chi connectivity index (χ0v) is 12.3. The lowest BCUT2D eigenvalue weighted by Crippen LogP contribution is -2.38. The van der Waals surface area contributed by atoms with Crippen molar-refractivity contribution in [1.82, 2.24) is 10.2 Å². The smallest absolute Gasteiger partial charge is 0.223 e. The zero-order chi connectivity index (χ0) is 14.7. The second kappa shape index (κ2) is 6.35. The van der Waals surface area contributed by atoms with E-state index in [1.165, 1.54) is 12.8 Å². The number of carbonyl (C=O) groups is 1. The average molecular weight is 289 g/mol. The summed E-state index contributed by atoms with van der Waals surface area (Å²) < 4.78 is 5.54. The summed E-state index contributed by atoms with van der Waals surface area (Å²) in [6, 6.07) is 8.37. The predicted octanol–water partition coefficient (Wildman–Crippen LogP) is 1.39. The van der Waals surface area contributed by atoms with E-state index in [1.807, 2.05) is 18.2 Å². The number of hydrogen-bond donors (Lipinski definition) is 2. The molecule has 1 heterocycles. The lowest BCUT2D eigenvalue weighted by atomic mass is 10.2. The van der Waals surface area contributed by atoms with Gasteiger partial charge in [0.1, 0.15) is 5.75 Å². The fraction of sp³-hybridized carbons (Fsp3) is 0.562. The molecular formula is C16H23N3O2. The predicted molar refractivity (Wildman–Crippen MR) is 82.1 cm³/mol. The van der Waals surface area contributed by atoms with Gasteiger partial charge in [-0.1, -0.05) is 6.07 Å². The van der Waals surface area contributed by atoms with Crippen LogP contribution in [0.4, 0.5) is 5.69 Å². The van der Waals surface area contributed by atoms with Crippen LogP contribution in [0.1, 0.15) is 25.7 Å². The van der Waals surface area contributed by atoms with E-state index in [0.29, 0.717) is 30.5 Å². The minimum atomic E-state index is 0.0709. The molecule has 1 saturated heterocycles.